The first kappa shape index (κ1) is 21.8. The molecule has 1 aliphatic rings. The third-order valence-electron chi connectivity index (χ3n) is 4.75. The molecule has 1 aromatic rings. The third-order valence-corrected chi connectivity index (χ3v) is 8.46. The number of nitrogens with one attached hydrogen (secondary N) is 1. The number of carbonyl (C=O) groups is 1. The second kappa shape index (κ2) is 8.68. The molecule has 2 rings (SSSR count). The summed E-state index contributed by atoms with van der Waals surface area (Å²) in [5.74, 6) is -0.237. The Balaban J connectivity index is 1.88. The lowest BCUT2D eigenvalue weighted by atomic mass is 9.97. The van der Waals surface area contributed by atoms with Crippen molar-refractivity contribution in [3.05, 3.63) is 29.8 Å². The average Bonchev–Trinajstić information content (AvgIpc) is 2.66. The Kier molecular flexibility index (Phi) is 7.01. The van der Waals surface area contributed by atoms with Crippen LogP contribution in [0, 0.1) is 5.92 Å². The maximum atomic E-state index is 12.3. The zero-order valence-electron chi connectivity index (χ0n) is 15.9. The Hall–Kier alpha value is -1.49. The number of nitrogens with zero attached hydrogens (tertiary/aromatic N) is 2. The van der Waals surface area contributed by atoms with Crippen LogP contribution in [0.4, 0.5) is 0 Å². The molecule has 1 aromatic carbocycles. The maximum absolute atomic E-state index is 12.3. The van der Waals surface area contributed by atoms with E-state index in [0.717, 1.165) is 9.87 Å². The largest absolute Gasteiger partial charge is 0.352 e. The third kappa shape index (κ3) is 5.28. The van der Waals surface area contributed by atoms with Crippen molar-refractivity contribution >= 4 is 26.0 Å². The SMILES string of the molecule is CCS(=O)(=O)N1CCC(C(=O)NCc2ccc(S(=O)(=O)N(C)C)cc2)CC1. The van der Waals surface area contributed by atoms with E-state index in [4.69, 9.17) is 0 Å². The molecule has 1 fully saturated rings. The van der Waals surface area contributed by atoms with Gasteiger partial charge in [0.05, 0.1) is 10.6 Å². The van der Waals surface area contributed by atoms with Crippen LogP contribution in [0.2, 0.25) is 0 Å². The van der Waals surface area contributed by atoms with Crippen LogP contribution in [0.15, 0.2) is 29.2 Å². The fourth-order valence-corrected chi connectivity index (χ4v) is 4.94. The number of hydrogen-bond donors (Lipinski definition) is 1. The van der Waals surface area contributed by atoms with E-state index in [1.54, 1.807) is 19.1 Å². The van der Waals surface area contributed by atoms with Gasteiger partial charge in [-0.15, -0.1) is 0 Å². The zero-order valence-corrected chi connectivity index (χ0v) is 17.5. The standard InChI is InChI=1S/C17H27N3O5S2/c1-4-26(22,23)20-11-9-15(10-12-20)17(21)18-13-14-5-7-16(8-6-14)27(24,25)19(2)3/h5-8,15H,4,9-13H2,1-3H3,(H,18,21). The molecule has 152 valence electrons. The van der Waals surface area contributed by atoms with Gasteiger partial charge in [0.25, 0.3) is 0 Å². The number of amides is 1. The van der Waals surface area contributed by atoms with Gasteiger partial charge in [-0.3, -0.25) is 4.79 Å². The predicted octanol–water partition coefficient (Wildman–Crippen LogP) is 0.615. The van der Waals surface area contributed by atoms with Crippen molar-refractivity contribution in [3.8, 4) is 0 Å². The van der Waals surface area contributed by atoms with Gasteiger partial charge in [-0.2, -0.15) is 0 Å². The Morgan fingerprint density at radius 1 is 1.11 bits per heavy atom. The first-order valence-corrected chi connectivity index (χ1v) is 11.9. The van der Waals surface area contributed by atoms with Crippen molar-refractivity contribution in [2.45, 2.75) is 31.2 Å². The van der Waals surface area contributed by atoms with Gasteiger partial charge in [0.2, 0.25) is 26.0 Å². The summed E-state index contributed by atoms with van der Waals surface area (Å²) >= 11 is 0. The molecule has 8 nitrogen and oxygen atoms in total. The molecule has 27 heavy (non-hydrogen) atoms. The molecule has 0 aliphatic carbocycles. The molecule has 0 unspecified atom stereocenters. The van der Waals surface area contributed by atoms with Crippen LogP contribution < -0.4 is 5.32 Å². The zero-order chi connectivity index (χ0) is 20.2. The monoisotopic (exact) mass is 417 g/mol. The Bertz CT molecular complexity index is 856. The molecule has 0 spiro atoms. The quantitative estimate of drug-likeness (QED) is 0.700. The van der Waals surface area contributed by atoms with Crippen LogP contribution in [0.25, 0.3) is 0 Å². The molecule has 10 heteroatoms. The molecule has 1 N–H and O–H groups in total. The minimum Gasteiger partial charge on any atom is -0.352 e. The first-order valence-electron chi connectivity index (χ1n) is 8.85. The molecule has 1 aliphatic heterocycles. The van der Waals surface area contributed by atoms with E-state index in [0.29, 0.717) is 32.5 Å². The van der Waals surface area contributed by atoms with E-state index >= 15 is 0 Å². The highest BCUT2D eigenvalue weighted by Crippen LogP contribution is 2.20. The van der Waals surface area contributed by atoms with Gasteiger partial charge >= 0.3 is 0 Å². The topological polar surface area (TPSA) is 104 Å². The van der Waals surface area contributed by atoms with Gasteiger partial charge in [-0.1, -0.05) is 12.1 Å². The first-order chi connectivity index (χ1) is 12.6. The maximum Gasteiger partial charge on any atom is 0.242 e. The number of carbonyl (C=O) groups excluding carboxylic acids is 1. The van der Waals surface area contributed by atoms with Crippen LogP contribution >= 0.6 is 0 Å². The minimum atomic E-state index is -3.47. The molecule has 0 radical (unpaired) electrons. The highest BCUT2D eigenvalue weighted by Gasteiger charge is 2.30. The molecule has 1 saturated heterocycles. The highest BCUT2D eigenvalue weighted by atomic mass is 32.2. The van der Waals surface area contributed by atoms with Crippen molar-refractivity contribution in [2.24, 2.45) is 5.92 Å². The average molecular weight is 418 g/mol. The molecule has 0 saturated carbocycles. The van der Waals surface area contributed by atoms with Gasteiger partial charge in [0, 0.05) is 39.6 Å². The van der Waals surface area contributed by atoms with E-state index in [1.807, 2.05) is 0 Å². The molecular formula is C17H27N3O5S2. The summed E-state index contributed by atoms with van der Waals surface area (Å²) < 4.78 is 50.4. The fraction of sp³-hybridized carbons (Fsp3) is 0.588. The van der Waals surface area contributed by atoms with E-state index in [9.17, 15) is 21.6 Å². The van der Waals surface area contributed by atoms with Gasteiger partial charge in [-0.25, -0.2) is 25.4 Å². The van der Waals surface area contributed by atoms with E-state index in [2.05, 4.69) is 5.32 Å². The van der Waals surface area contributed by atoms with Crippen LogP contribution in [0.3, 0.4) is 0 Å². The fourth-order valence-electron chi connectivity index (χ4n) is 2.90. The number of hydrogen-bond acceptors (Lipinski definition) is 5. The lowest BCUT2D eigenvalue weighted by molar-refractivity contribution is -0.126. The van der Waals surface area contributed by atoms with Gasteiger partial charge in [0.15, 0.2) is 0 Å². The number of rotatable bonds is 7. The molecule has 1 heterocycles. The Labute approximate surface area is 161 Å². The second-order valence-electron chi connectivity index (χ2n) is 6.72. The lowest BCUT2D eigenvalue weighted by Crippen LogP contribution is -2.43. The highest BCUT2D eigenvalue weighted by molar-refractivity contribution is 7.89. The number of piperidine rings is 1. The summed E-state index contributed by atoms with van der Waals surface area (Å²) in [6.45, 7) is 2.65. The van der Waals surface area contributed by atoms with Crippen molar-refractivity contribution in [1.29, 1.82) is 0 Å². The van der Waals surface area contributed by atoms with Crippen molar-refractivity contribution in [1.82, 2.24) is 13.9 Å². The molecule has 0 aromatic heterocycles. The van der Waals surface area contributed by atoms with Gasteiger partial charge in [-0.05, 0) is 37.5 Å². The number of benzene rings is 1. The molecule has 0 atom stereocenters. The summed E-state index contributed by atoms with van der Waals surface area (Å²) in [5, 5.41) is 2.85. The van der Waals surface area contributed by atoms with E-state index in [1.165, 1.54) is 30.5 Å². The van der Waals surface area contributed by atoms with E-state index < -0.39 is 20.0 Å². The Morgan fingerprint density at radius 2 is 1.67 bits per heavy atom. The smallest absolute Gasteiger partial charge is 0.242 e. The molecular weight excluding hydrogens is 390 g/mol. The van der Waals surface area contributed by atoms with Crippen molar-refractivity contribution in [3.63, 3.8) is 0 Å². The van der Waals surface area contributed by atoms with Crippen LogP contribution in [-0.4, -0.2) is 64.3 Å². The van der Waals surface area contributed by atoms with Crippen molar-refractivity contribution < 1.29 is 21.6 Å². The molecule has 1 amide bonds. The minimum absolute atomic E-state index is 0.0728. The second-order valence-corrected chi connectivity index (χ2v) is 11.1. The Morgan fingerprint density at radius 3 is 2.15 bits per heavy atom. The normalized spacial score (nSPS) is 17.2. The summed E-state index contributed by atoms with van der Waals surface area (Å²) in [5.41, 5.74) is 0.798. The van der Waals surface area contributed by atoms with Crippen LogP contribution in [0.5, 0.6) is 0 Å². The summed E-state index contributed by atoms with van der Waals surface area (Å²) in [6, 6.07) is 6.38. The van der Waals surface area contributed by atoms with Gasteiger partial charge < -0.3 is 5.32 Å². The predicted molar refractivity (Wildman–Crippen MR) is 103 cm³/mol. The van der Waals surface area contributed by atoms with Crippen LogP contribution in [-0.2, 0) is 31.4 Å². The molecule has 0 bridgehead atoms. The lowest BCUT2D eigenvalue weighted by Gasteiger charge is -2.30. The van der Waals surface area contributed by atoms with E-state index in [-0.39, 0.29) is 22.5 Å². The summed E-state index contributed by atoms with van der Waals surface area (Å²) in [6.07, 6.45) is 1.01. The summed E-state index contributed by atoms with van der Waals surface area (Å²) in [4.78, 5) is 12.5. The van der Waals surface area contributed by atoms with Crippen molar-refractivity contribution in [2.75, 3.05) is 32.9 Å². The number of sulfonamides is 2. The van der Waals surface area contributed by atoms with Gasteiger partial charge in [0.1, 0.15) is 0 Å². The summed E-state index contributed by atoms with van der Waals surface area (Å²) in [7, 11) is -3.72. The van der Waals surface area contributed by atoms with Crippen LogP contribution in [0.1, 0.15) is 25.3 Å².